The highest BCUT2D eigenvalue weighted by Gasteiger charge is 2.24. The van der Waals surface area contributed by atoms with E-state index in [1.54, 1.807) is 0 Å². The number of carboxylic acid groups (broad SMARTS) is 1. The molecule has 0 unspecified atom stereocenters. The van der Waals surface area contributed by atoms with Crippen molar-refractivity contribution < 1.29 is 27.4 Å². The van der Waals surface area contributed by atoms with Crippen molar-refractivity contribution in [2.24, 2.45) is 0 Å². The number of benzene rings is 1. The maximum atomic E-state index is 13.2. The first-order valence-corrected chi connectivity index (χ1v) is 7.22. The lowest BCUT2D eigenvalue weighted by molar-refractivity contribution is 0.0692. The van der Waals surface area contributed by atoms with Crippen LogP contribution in [0.3, 0.4) is 0 Å². The number of carbonyl (C=O) groups is 1. The van der Waals surface area contributed by atoms with Crippen molar-refractivity contribution in [3.05, 3.63) is 29.6 Å². The fourth-order valence-corrected chi connectivity index (χ4v) is 2.94. The number of aromatic carboxylic acids is 1. The molecule has 0 atom stereocenters. The zero-order valence-electron chi connectivity index (χ0n) is 10.4. The number of hydrogen-bond acceptors (Lipinski definition) is 4. The average Bonchev–Trinajstić information content (AvgIpc) is 2.41. The normalized spacial score (nSPS) is 16.9. The predicted octanol–water partition coefficient (Wildman–Crippen LogP) is 0.513. The van der Waals surface area contributed by atoms with Crippen LogP contribution in [0.25, 0.3) is 0 Å². The number of morpholine rings is 1. The number of ether oxygens (including phenoxy) is 1. The van der Waals surface area contributed by atoms with E-state index in [1.807, 2.05) is 0 Å². The molecule has 1 aliphatic rings. The van der Waals surface area contributed by atoms with Crippen LogP contribution in [-0.2, 0) is 14.9 Å². The van der Waals surface area contributed by atoms with Gasteiger partial charge in [-0.3, -0.25) is 4.72 Å². The Labute approximate surface area is 115 Å². The first kappa shape index (κ1) is 14.7. The Morgan fingerprint density at radius 3 is 2.60 bits per heavy atom. The molecule has 0 saturated carbocycles. The van der Waals surface area contributed by atoms with Gasteiger partial charge in [-0.15, -0.1) is 0 Å². The molecule has 20 heavy (non-hydrogen) atoms. The molecule has 9 heteroatoms. The number of carboxylic acids is 1. The number of rotatable bonds is 4. The molecule has 1 heterocycles. The van der Waals surface area contributed by atoms with Gasteiger partial charge >= 0.3 is 16.2 Å². The Morgan fingerprint density at radius 2 is 2.00 bits per heavy atom. The lowest BCUT2D eigenvalue weighted by atomic mass is 10.2. The lowest BCUT2D eigenvalue weighted by Crippen LogP contribution is -2.43. The lowest BCUT2D eigenvalue weighted by Gasteiger charge is -2.26. The number of nitrogens with one attached hydrogen (secondary N) is 1. The molecule has 1 aromatic carbocycles. The monoisotopic (exact) mass is 304 g/mol. The van der Waals surface area contributed by atoms with Gasteiger partial charge in [0.2, 0.25) is 0 Å². The Kier molecular flexibility index (Phi) is 4.21. The van der Waals surface area contributed by atoms with E-state index in [1.165, 1.54) is 10.4 Å². The van der Waals surface area contributed by atoms with E-state index in [0.717, 1.165) is 12.1 Å². The van der Waals surface area contributed by atoms with Gasteiger partial charge in [0.15, 0.2) is 0 Å². The molecule has 0 spiro atoms. The first-order chi connectivity index (χ1) is 9.40. The van der Waals surface area contributed by atoms with E-state index >= 15 is 0 Å². The molecular formula is C11H13FN2O5S. The van der Waals surface area contributed by atoms with Crippen molar-refractivity contribution in [1.29, 1.82) is 0 Å². The molecule has 2 rings (SSSR count). The van der Waals surface area contributed by atoms with Gasteiger partial charge in [0.25, 0.3) is 0 Å². The van der Waals surface area contributed by atoms with Gasteiger partial charge in [-0.25, -0.2) is 9.18 Å². The number of hydrogen-bond donors (Lipinski definition) is 2. The topological polar surface area (TPSA) is 95.9 Å². The van der Waals surface area contributed by atoms with Crippen LogP contribution in [0, 0.1) is 5.82 Å². The third-order valence-electron chi connectivity index (χ3n) is 2.75. The van der Waals surface area contributed by atoms with Gasteiger partial charge in [-0.2, -0.15) is 12.7 Å². The Balaban J connectivity index is 2.20. The summed E-state index contributed by atoms with van der Waals surface area (Å²) in [6.07, 6.45) is 0. The molecule has 1 aliphatic heterocycles. The summed E-state index contributed by atoms with van der Waals surface area (Å²) in [5, 5.41) is 8.79. The SMILES string of the molecule is O=C(O)c1cc(NS(=O)(=O)N2CCOCC2)ccc1F. The van der Waals surface area contributed by atoms with Crippen LogP contribution in [-0.4, -0.2) is 50.1 Å². The van der Waals surface area contributed by atoms with Crippen molar-refractivity contribution in [3.8, 4) is 0 Å². The predicted molar refractivity (Wildman–Crippen MR) is 68.3 cm³/mol. The standard InChI is InChI=1S/C11H13FN2O5S/c12-10-2-1-8(7-9(10)11(15)16)13-20(17,18)14-3-5-19-6-4-14/h1-2,7,13H,3-6H2,(H,15,16). The van der Waals surface area contributed by atoms with Crippen LogP contribution >= 0.6 is 0 Å². The Morgan fingerprint density at radius 1 is 1.35 bits per heavy atom. The summed E-state index contributed by atoms with van der Waals surface area (Å²) in [5.41, 5.74) is -0.595. The van der Waals surface area contributed by atoms with Crippen molar-refractivity contribution in [1.82, 2.24) is 4.31 Å². The second kappa shape index (κ2) is 5.73. The molecule has 1 fully saturated rings. The summed E-state index contributed by atoms with van der Waals surface area (Å²) < 4.78 is 45.8. The second-order valence-corrected chi connectivity index (χ2v) is 5.79. The molecule has 2 N–H and O–H groups in total. The average molecular weight is 304 g/mol. The zero-order chi connectivity index (χ0) is 14.8. The van der Waals surface area contributed by atoms with Gasteiger partial charge in [-0.05, 0) is 18.2 Å². The largest absolute Gasteiger partial charge is 0.478 e. The van der Waals surface area contributed by atoms with Crippen LogP contribution in [0.5, 0.6) is 0 Å². The quantitative estimate of drug-likeness (QED) is 0.845. The van der Waals surface area contributed by atoms with E-state index in [4.69, 9.17) is 9.84 Å². The third kappa shape index (κ3) is 3.24. The van der Waals surface area contributed by atoms with Crippen LogP contribution in [0.15, 0.2) is 18.2 Å². The molecule has 110 valence electrons. The number of nitrogens with zero attached hydrogens (tertiary/aromatic N) is 1. The molecule has 0 amide bonds. The molecular weight excluding hydrogens is 291 g/mol. The summed E-state index contributed by atoms with van der Waals surface area (Å²) in [5.74, 6) is -2.39. The molecule has 1 aromatic rings. The molecule has 0 aliphatic carbocycles. The van der Waals surface area contributed by atoms with Crippen molar-refractivity contribution in [2.45, 2.75) is 0 Å². The highest BCUT2D eigenvalue weighted by Crippen LogP contribution is 2.17. The third-order valence-corrected chi connectivity index (χ3v) is 4.29. The minimum Gasteiger partial charge on any atom is -0.478 e. The summed E-state index contributed by atoms with van der Waals surface area (Å²) in [7, 11) is -3.80. The molecule has 7 nitrogen and oxygen atoms in total. The van der Waals surface area contributed by atoms with Crippen molar-refractivity contribution >= 4 is 21.9 Å². The minimum atomic E-state index is -3.80. The highest BCUT2D eigenvalue weighted by atomic mass is 32.2. The first-order valence-electron chi connectivity index (χ1n) is 5.78. The van der Waals surface area contributed by atoms with Crippen molar-refractivity contribution in [3.63, 3.8) is 0 Å². The maximum absolute atomic E-state index is 13.2. The summed E-state index contributed by atoms with van der Waals surface area (Å²) in [6, 6.07) is 3.01. The van der Waals surface area contributed by atoms with E-state index < -0.39 is 27.6 Å². The highest BCUT2D eigenvalue weighted by molar-refractivity contribution is 7.90. The van der Waals surface area contributed by atoms with Gasteiger partial charge < -0.3 is 9.84 Å². The number of anilines is 1. The summed E-state index contributed by atoms with van der Waals surface area (Å²) in [6.45, 7) is 1.01. The van der Waals surface area contributed by atoms with Gasteiger partial charge in [0.05, 0.1) is 24.5 Å². The second-order valence-electron chi connectivity index (χ2n) is 4.12. The molecule has 1 saturated heterocycles. The fourth-order valence-electron chi connectivity index (χ4n) is 1.75. The van der Waals surface area contributed by atoms with E-state index in [2.05, 4.69) is 4.72 Å². The van der Waals surface area contributed by atoms with Gasteiger partial charge in [0.1, 0.15) is 5.82 Å². The van der Waals surface area contributed by atoms with E-state index in [0.29, 0.717) is 13.2 Å². The molecule has 0 aromatic heterocycles. The number of halogens is 1. The van der Waals surface area contributed by atoms with Crippen LogP contribution < -0.4 is 4.72 Å². The summed E-state index contributed by atoms with van der Waals surface area (Å²) >= 11 is 0. The van der Waals surface area contributed by atoms with Crippen molar-refractivity contribution in [2.75, 3.05) is 31.0 Å². The van der Waals surface area contributed by atoms with Crippen LogP contribution in [0.1, 0.15) is 10.4 Å². The van der Waals surface area contributed by atoms with Crippen LogP contribution in [0.2, 0.25) is 0 Å². The fraction of sp³-hybridized carbons (Fsp3) is 0.364. The Hall–Kier alpha value is -1.71. The molecule has 0 bridgehead atoms. The minimum absolute atomic E-state index is 0.00436. The smallest absolute Gasteiger partial charge is 0.338 e. The Bertz CT molecular complexity index is 613. The van der Waals surface area contributed by atoms with Crippen LogP contribution in [0.4, 0.5) is 10.1 Å². The van der Waals surface area contributed by atoms with E-state index in [-0.39, 0.29) is 18.8 Å². The zero-order valence-corrected chi connectivity index (χ0v) is 11.2. The van der Waals surface area contributed by atoms with Gasteiger partial charge in [-0.1, -0.05) is 0 Å². The maximum Gasteiger partial charge on any atom is 0.338 e. The summed E-state index contributed by atoms with van der Waals surface area (Å²) in [4.78, 5) is 10.8. The van der Waals surface area contributed by atoms with E-state index in [9.17, 15) is 17.6 Å². The molecule has 0 radical (unpaired) electrons. The van der Waals surface area contributed by atoms with Gasteiger partial charge in [0, 0.05) is 13.1 Å².